The molecule has 2 amide bonds. The van der Waals surface area contributed by atoms with Crippen LogP contribution in [-0.4, -0.2) is 69.9 Å². The standard InChI is InChI=1S/C23H22F2N6O6S2/c24-15-2-3-19(17(25)11-15)39(35,36)30-23(32)28-20-4-1-14(12-26-20)21-27-18-5-10-38(33,34)13-16(18)22(29-21)31-6-8-37-9-7-31/h1-4,11-12H,5-10,13H2,(H2,26,28,30,32). The number of benzene rings is 1. The number of sulfonamides is 1. The Hall–Kier alpha value is -3.76. The van der Waals surface area contributed by atoms with E-state index < -0.39 is 42.4 Å². The molecule has 1 aromatic carbocycles. The third-order valence-corrected chi connectivity index (χ3v) is 8.99. The molecule has 1 saturated heterocycles. The summed E-state index contributed by atoms with van der Waals surface area (Å²) in [6.45, 7) is 2.05. The van der Waals surface area contributed by atoms with Crippen molar-refractivity contribution in [3.05, 3.63) is 59.4 Å². The zero-order chi connectivity index (χ0) is 27.8. The lowest BCUT2D eigenvalue weighted by Gasteiger charge is -2.31. The molecule has 206 valence electrons. The number of hydrogen-bond donors (Lipinski definition) is 2. The molecule has 0 unspecified atom stereocenters. The molecule has 12 nitrogen and oxygen atoms in total. The first-order valence-corrected chi connectivity index (χ1v) is 15.0. The maximum absolute atomic E-state index is 13.9. The van der Waals surface area contributed by atoms with Gasteiger partial charge in [-0.1, -0.05) is 0 Å². The monoisotopic (exact) mass is 580 g/mol. The largest absolute Gasteiger partial charge is 0.378 e. The smallest absolute Gasteiger partial charge is 0.334 e. The minimum atomic E-state index is -4.62. The first-order valence-electron chi connectivity index (χ1n) is 11.7. The Morgan fingerprint density at radius 1 is 1.08 bits per heavy atom. The molecular weight excluding hydrogens is 558 g/mol. The fourth-order valence-corrected chi connectivity index (χ4v) is 6.55. The van der Waals surface area contributed by atoms with E-state index in [2.05, 4.69) is 20.3 Å². The fourth-order valence-electron chi connectivity index (χ4n) is 4.19. The van der Waals surface area contributed by atoms with E-state index >= 15 is 0 Å². The van der Waals surface area contributed by atoms with Gasteiger partial charge in [-0.05, 0) is 24.3 Å². The van der Waals surface area contributed by atoms with Gasteiger partial charge in [0.15, 0.2) is 15.7 Å². The number of hydrogen-bond acceptors (Lipinski definition) is 10. The molecule has 0 bridgehead atoms. The van der Waals surface area contributed by atoms with Gasteiger partial charge in [0.1, 0.15) is 28.2 Å². The Morgan fingerprint density at radius 3 is 2.54 bits per heavy atom. The minimum Gasteiger partial charge on any atom is -0.378 e. The van der Waals surface area contributed by atoms with Crippen molar-refractivity contribution in [1.82, 2.24) is 19.7 Å². The van der Waals surface area contributed by atoms with Gasteiger partial charge in [0.2, 0.25) is 0 Å². The molecular formula is C23H22F2N6O6S2. The summed E-state index contributed by atoms with van der Waals surface area (Å²) >= 11 is 0. The third kappa shape index (κ3) is 5.97. The highest BCUT2D eigenvalue weighted by Gasteiger charge is 2.30. The summed E-state index contributed by atoms with van der Waals surface area (Å²) in [6.07, 6.45) is 1.62. The molecule has 5 rings (SSSR count). The van der Waals surface area contributed by atoms with Crippen LogP contribution >= 0.6 is 0 Å². The number of rotatable bonds is 5. The quantitative estimate of drug-likeness (QED) is 0.454. The van der Waals surface area contributed by atoms with Crippen LogP contribution in [-0.2, 0) is 36.8 Å². The van der Waals surface area contributed by atoms with Crippen LogP contribution in [0.15, 0.2) is 41.4 Å². The van der Waals surface area contributed by atoms with Gasteiger partial charge in [0.25, 0.3) is 10.0 Å². The number of aromatic nitrogens is 3. The average Bonchev–Trinajstić information content (AvgIpc) is 2.88. The second kappa shape index (κ2) is 10.4. The van der Waals surface area contributed by atoms with Crippen LogP contribution in [0.25, 0.3) is 11.4 Å². The highest BCUT2D eigenvalue weighted by Crippen LogP contribution is 2.31. The molecule has 0 saturated carbocycles. The molecule has 2 aliphatic heterocycles. The Morgan fingerprint density at radius 2 is 1.85 bits per heavy atom. The lowest BCUT2D eigenvalue weighted by atomic mass is 10.1. The van der Waals surface area contributed by atoms with Crippen LogP contribution in [0.3, 0.4) is 0 Å². The number of urea groups is 1. The molecule has 16 heteroatoms. The van der Waals surface area contributed by atoms with Crippen molar-refractivity contribution < 1.29 is 35.1 Å². The molecule has 4 heterocycles. The highest BCUT2D eigenvalue weighted by molar-refractivity contribution is 7.90. The van der Waals surface area contributed by atoms with Crippen LogP contribution in [0.2, 0.25) is 0 Å². The molecule has 2 N–H and O–H groups in total. The van der Waals surface area contributed by atoms with Crippen molar-refractivity contribution in [3.63, 3.8) is 0 Å². The van der Waals surface area contributed by atoms with Gasteiger partial charge >= 0.3 is 6.03 Å². The topological polar surface area (TPSA) is 161 Å². The number of carbonyl (C=O) groups is 1. The number of aryl methyl sites for hydroxylation is 1. The van der Waals surface area contributed by atoms with Crippen LogP contribution in [0.1, 0.15) is 11.3 Å². The number of fused-ring (bicyclic) bond motifs is 1. The number of ether oxygens (including phenoxy) is 1. The van der Waals surface area contributed by atoms with E-state index in [0.29, 0.717) is 66.9 Å². The van der Waals surface area contributed by atoms with E-state index in [9.17, 15) is 30.4 Å². The van der Waals surface area contributed by atoms with Crippen molar-refractivity contribution in [2.45, 2.75) is 17.1 Å². The number of anilines is 2. The van der Waals surface area contributed by atoms with Gasteiger partial charge < -0.3 is 9.64 Å². The number of nitrogens with zero attached hydrogens (tertiary/aromatic N) is 4. The summed E-state index contributed by atoms with van der Waals surface area (Å²) < 4.78 is 83.2. The number of pyridine rings is 1. The Bertz CT molecular complexity index is 1650. The van der Waals surface area contributed by atoms with Crippen LogP contribution < -0.4 is 14.9 Å². The first kappa shape index (κ1) is 26.8. The van der Waals surface area contributed by atoms with Crippen LogP contribution in [0.4, 0.5) is 25.2 Å². The van der Waals surface area contributed by atoms with Crippen molar-refractivity contribution in [3.8, 4) is 11.4 Å². The van der Waals surface area contributed by atoms with E-state index in [-0.39, 0.29) is 23.7 Å². The van der Waals surface area contributed by atoms with Gasteiger partial charge in [-0.2, -0.15) is 0 Å². The normalized spacial score (nSPS) is 16.8. The molecule has 2 aromatic heterocycles. The molecule has 3 aromatic rings. The average molecular weight is 581 g/mol. The van der Waals surface area contributed by atoms with Gasteiger partial charge in [-0.15, -0.1) is 0 Å². The molecule has 2 aliphatic rings. The van der Waals surface area contributed by atoms with E-state index in [0.717, 1.165) is 6.07 Å². The van der Waals surface area contributed by atoms with Crippen LogP contribution in [0.5, 0.6) is 0 Å². The van der Waals surface area contributed by atoms with Gasteiger partial charge in [-0.3, -0.25) is 5.32 Å². The SMILES string of the molecule is O=C(Nc1ccc(-c2nc3c(c(N4CCOCC4)n2)CS(=O)(=O)CC3)cn1)NS(=O)(=O)c1ccc(F)cc1F. The van der Waals surface area contributed by atoms with E-state index in [1.165, 1.54) is 12.3 Å². The third-order valence-electron chi connectivity index (χ3n) is 6.07. The predicted octanol–water partition coefficient (Wildman–Crippen LogP) is 1.63. The molecule has 39 heavy (non-hydrogen) atoms. The van der Waals surface area contributed by atoms with Gasteiger partial charge in [-0.25, -0.2) is 50.1 Å². The Balaban J connectivity index is 1.36. The number of nitrogens with one attached hydrogen (secondary N) is 2. The molecule has 0 atom stereocenters. The summed E-state index contributed by atoms with van der Waals surface area (Å²) in [6, 6.07) is 3.58. The summed E-state index contributed by atoms with van der Waals surface area (Å²) in [5.41, 5.74) is 1.69. The lowest BCUT2D eigenvalue weighted by molar-refractivity contribution is 0.122. The molecule has 1 fully saturated rings. The number of amides is 2. The van der Waals surface area contributed by atoms with Crippen molar-refractivity contribution in [2.24, 2.45) is 0 Å². The van der Waals surface area contributed by atoms with E-state index in [1.807, 2.05) is 4.90 Å². The van der Waals surface area contributed by atoms with Crippen molar-refractivity contribution in [1.29, 1.82) is 0 Å². The predicted molar refractivity (Wildman–Crippen MR) is 135 cm³/mol. The zero-order valence-corrected chi connectivity index (χ0v) is 21.9. The van der Waals surface area contributed by atoms with Gasteiger partial charge in [0.05, 0.1) is 30.4 Å². The van der Waals surface area contributed by atoms with Crippen molar-refractivity contribution in [2.75, 3.05) is 42.3 Å². The number of halogens is 2. The minimum absolute atomic E-state index is 0.0139. The fraction of sp³-hybridized carbons (Fsp3) is 0.304. The summed E-state index contributed by atoms with van der Waals surface area (Å²) in [7, 11) is -7.88. The molecule has 0 radical (unpaired) electrons. The Labute approximate surface area is 222 Å². The summed E-state index contributed by atoms with van der Waals surface area (Å²) in [5, 5.41) is 2.23. The molecule has 0 aliphatic carbocycles. The maximum Gasteiger partial charge on any atom is 0.334 e. The Kier molecular flexibility index (Phi) is 7.17. The zero-order valence-electron chi connectivity index (χ0n) is 20.2. The second-order valence-corrected chi connectivity index (χ2v) is 12.6. The van der Waals surface area contributed by atoms with Crippen LogP contribution in [0, 0.1) is 11.6 Å². The van der Waals surface area contributed by atoms with Gasteiger partial charge in [0, 0.05) is 42.9 Å². The van der Waals surface area contributed by atoms with E-state index in [1.54, 1.807) is 10.8 Å². The summed E-state index contributed by atoms with van der Waals surface area (Å²) in [5.74, 6) is -1.66. The van der Waals surface area contributed by atoms with Crippen molar-refractivity contribution >= 4 is 37.5 Å². The number of carbonyl (C=O) groups excluding carboxylic acids is 1. The second-order valence-electron chi connectivity index (χ2n) is 8.80. The molecule has 0 spiro atoms. The number of sulfone groups is 1. The first-order chi connectivity index (χ1) is 18.5. The highest BCUT2D eigenvalue weighted by atomic mass is 32.2. The maximum atomic E-state index is 13.9. The number of morpholine rings is 1. The lowest BCUT2D eigenvalue weighted by Crippen LogP contribution is -2.38. The summed E-state index contributed by atoms with van der Waals surface area (Å²) in [4.78, 5) is 26.6. The van der Waals surface area contributed by atoms with E-state index in [4.69, 9.17) is 4.74 Å².